The number of aromatic nitrogens is 3. The van der Waals surface area contributed by atoms with Gasteiger partial charge in [0, 0.05) is 32.4 Å². The molecule has 1 aliphatic rings. The second kappa shape index (κ2) is 7.34. The van der Waals surface area contributed by atoms with Gasteiger partial charge in [0.15, 0.2) is 0 Å². The van der Waals surface area contributed by atoms with Crippen LogP contribution in [0.5, 0.6) is 0 Å². The first-order valence-electron chi connectivity index (χ1n) is 8.53. The van der Waals surface area contributed by atoms with Crippen molar-refractivity contribution in [3.05, 3.63) is 39.8 Å². The molecule has 1 amide bonds. The number of piperidine rings is 1. The Hall–Kier alpha value is -2.59. The Labute approximate surface area is 157 Å². The molecule has 2 aromatic heterocycles. The van der Waals surface area contributed by atoms with Gasteiger partial charge in [-0.25, -0.2) is 4.98 Å². The molecule has 0 saturated carbocycles. The van der Waals surface area contributed by atoms with Crippen LogP contribution in [0.25, 0.3) is 0 Å². The van der Waals surface area contributed by atoms with Gasteiger partial charge in [-0.2, -0.15) is 10.4 Å². The SMILES string of the molecule is Cc1nc(N2CCCC(NC(=O)c3ccn(C)n3)C2)c(C#N)c(C)c1Cl. The molecule has 0 aliphatic carbocycles. The molecule has 1 saturated heterocycles. The second-order valence-electron chi connectivity index (χ2n) is 6.58. The molecule has 1 unspecified atom stereocenters. The zero-order chi connectivity index (χ0) is 18.8. The quantitative estimate of drug-likeness (QED) is 0.893. The Morgan fingerprint density at radius 3 is 2.88 bits per heavy atom. The highest BCUT2D eigenvalue weighted by Gasteiger charge is 2.26. The van der Waals surface area contributed by atoms with E-state index in [2.05, 4.69) is 26.4 Å². The standard InChI is InChI=1S/C18H21ClN6O/c1-11-14(9-20)17(21-12(2)16(11)19)25-7-4-5-13(10-25)22-18(26)15-6-8-24(3)23-15/h6,8,13H,4-5,7,10H2,1-3H3,(H,22,26). The fourth-order valence-electron chi connectivity index (χ4n) is 3.26. The van der Waals surface area contributed by atoms with E-state index in [4.69, 9.17) is 11.6 Å². The molecule has 3 heterocycles. The molecule has 2 aromatic rings. The number of pyridine rings is 1. The fraction of sp³-hybridized carbons (Fsp3) is 0.444. The molecular weight excluding hydrogens is 352 g/mol. The van der Waals surface area contributed by atoms with Gasteiger partial charge in [-0.15, -0.1) is 0 Å². The van der Waals surface area contributed by atoms with Gasteiger partial charge in [-0.1, -0.05) is 11.6 Å². The van der Waals surface area contributed by atoms with E-state index in [1.165, 1.54) is 0 Å². The van der Waals surface area contributed by atoms with Crippen molar-refractivity contribution in [3.8, 4) is 6.07 Å². The number of anilines is 1. The van der Waals surface area contributed by atoms with Gasteiger partial charge < -0.3 is 10.2 Å². The van der Waals surface area contributed by atoms with E-state index in [1.54, 1.807) is 24.0 Å². The summed E-state index contributed by atoms with van der Waals surface area (Å²) in [5, 5.41) is 17.2. The third-order valence-corrected chi connectivity index (χ3v) is 5.19. The van der Waals surface area contributed by atoms with Crippen LogP contribution in [0.1, 0.15) is 40.2 Å². The molecule has 1 N–H and O–H groups in total. The van der Waals surface area contributed by atoms with Crippen LogP contribution < -0.4 is 10.2 Å². The van der Waals surface area contributed by atoms with Crippen LogP contribution in [0.15, 0.2) is 12.3 Å². The number of hydrogen-bond donors (Lipinski definition) is 1. The average molecular weight is 373 g/mol. The molecule has 136 valence electrons. The van der Waals surface area contributed by atoms with E-state index in [1.807, 2.05) is 13.8 Å². The Morgan fingerprint density at radius 2 is 2.23 bits per heavy atom. The minimum Gasteiger partial charge on any atom is -0.353 e. The van der Waals surface area contributed by atoms with Gasteiger partial charge in [-0.05, 0) is 38.3 Å². The summed E-state index contributed by atoms with van der Waals surface area (Å²) < 4.78 is 1.60. The molecule has 0 spiro atoms. The predicted octanol–water partition coefficient (Wildman–Crippen LogP) is 2.36. The Morgan fingerprint density at radius 1 is 1.46 bits per heavy atom. The van der Waals surface area contributed by atoms with E-state index < -0.39 is 0 Å². The number of nitriles is 1. The monoisotopic (exact) mass is 372 g/mol. The molecule has 0 bridgehead atoms. The molecule has 26 heavy (non-hydrogen) atoms. The smallest absolute Gasteiger partial charge is 0.272 e. The maximum absolute atomic E-state index is 12.4. The molecular formula is C18H21ClN6O. The molecule has 1 aliphatic heterocycles. The number of halogens is 1. The van der Waals surface area contributed by atoms with Crippen molar-refractivity contribution >= 4 is 23.3 Å². The summed E-state index contributed by atoms with van der Waals surface area (Å²) in [5.41, 5.74) is 2.35. The van der Waals surface area contributed by atoms with Crippen molar-refractivity contribution in [3.63, 3.8) is 0 Å². The van der Waals surface area contributed by atoms with Gasteiger partial charge in [0.1, 0.15) is 17.6 Å². The number of nitrogens with one attached hydrogen (secondary N) is 1. The maximum Gasteiger partial charge on any atom is 0.272 e. The molecule has 0 radical (unpaired) electrons. The van der Waals surface area contributed by atoms with Crippen LogP contribution in [-0.4, -0.2) is 39.8 Å². The largest absolute Gasteiger partial charge is 0.353 e. The highest BCUT2D eigenvalue weighted by Crippen LogP contribution is 2.30. The van der Waals surface area contributed by atoms with Gasteiger partial charge in [0.2, 0.25) is 0 Å². The van der Waals surface area contributed by atoms with E-state index in [0.29, 0.717) is 34.3 Å². The summed E-state index contributed by atoms with van der Waals surface area (Å²) in [6.45, 7) is 5.06. The van der Waals surface area contributed by atoms with Gasteiger partial charge in [0.25, 0.3) is 5.91 Å². The fourth-order valence-corrected chi connectivity index (χ4v) is 3.39. The van der Waals surface area contributed by atoms with Crippen LogP contribution in [-0.2, 0) is 7.05 Å². The van der Waals surface area contributed by atoms with Crippen molar-refractivity contribution in [1.29, 1.82) is 5.26 Å². The first-order chi connectivity index (χ1) is 12.4. The van der Waals surface area contributed by atoms with E-state index in [9.17, 15) is 10.1 Å². The number of carbonyl (C=O) groups excluding carboxylic acids is 1. The third kappa shape index (κ3) is 3.51. The van der Waals surface area contributed by atoms with Crippen molar-refractivity contribution < 1.29 is 4.79 Å². The maximum atomic E-state index is 12.4. The summed E-state index contributed by atoms with van der Waals surface area (Å²) in [7, 11) is 1.78. The van der Waals surface area contributed by atoms with Crippen LogP contribution in [0, 0.1) is 25.2 Å². The van der Waals surface area contributed by atoms with Crippen molar-refractivity contribution in [2.45, 2.75) is 32.7 Å². The average Bonchev–Trinajstić information content (AvgIpc) is 3.06. The zero-order valence-corrected chi connectivity index (χ0v) is 15.8. The van der Waals surface area contributed by atoms with Gasteiger partial charge in [0.05, 0.1) is 16.3 Å². The minimum absolute atomic E-state index is 0.0251. The lowest BCUT2D eigenvalue weighted by Gasteiger charge is -2.34. The number of rotatable bonds is 3. The summed E-state index contributed by atoms with van der Waals surface area (Å²) >= 11 is 6.24. The third-order valence-electron chi connectivity index (χ3n) is 4.63. The van der Waals surface area contributed by atoms with Crippen LogP contribution in [0.2, 0.25) is 5.02 Å². The second-order valence-corrected chi connectivity index (χ2v) is 6.96. The summed E-state index contributed by atoms with van der Waals surface area (Å²) in [6, 6.07) is 3.89. The Kier molecular flexibility index (Phi) is 5.14. The first kappa shape index (κ1) is 18.2. The van der Waals surface area contributed by atoms with Crippen LogP contribution in [0.4, 0.5) is 5.82 Å². The minimum atomic E-state index is -0.186. The van der Waals surface area contributed by atoms with Gasteiger partial charge in [-0.3, -0.25) is 9.48 Å². The Bertz CT molecular complexity index is 885. The van der Waals surface area contributed by atoms with Gasteiger partial charge >= 0.3 is 0 Å². The summed E-state index contributed by atoms with van der Waals surface area (Å²) in [6.07, 6.45) is 3.52. The Balaban J connectivity index is 1.79. The van der Waals surface area contributed by atoms with Crippen molar-refractivity contribution in [2.75, 3.05) is 18.0 Å². The van der Waals surface area contributed by atoms with Crippen molar-refractivity contribution in [2.24, 2.45) is 7.05 Å². The zero-order valence-electron chi connectivity index (χ0n) is 15.1. The first-order valence-corrected chi connectivity index (χ1v) is 8.90. The number of hydrogen-bond acceptors (Lipinski definition) is 5. The molecule has 7 nitrogen and oxygen atoms in total. The molecule has 1 atom stereocenters. The number of nitrogens with zero attached hydrogens (tertiary/aromatic N) is 5. The lowest BCUT2D eigenvalue weighted by Crippen LogP contribution is -2.48. The topological polar surface area (TPSA) is 86.8 Å². The normalized spacial score (nSPS) is 17.0. The number of aryl methyl sites for hydroxylation is 2. The summed E-state index contributed by atoms with van der Waals surface area (Å²) in [5.74, 6) is 0.457. The molecule has 3 rings (SSSR count). The summed E-state index contributed by atoms with van der Waals surface area (Å²) in [4.78, 5) is 19.0. The van der Waals surface area contributed by atoms with Crippen LogP contribution in [0.3, 0.4) is 0 Å². The lowest BCUT2D eigenvalue weighted by molar-refractivity contribution is 0.0927. The highest BCUT2D eigenvalue weighted by molar-refractivity contribution is 6.32. The number of carbonyl (C=O) groups is 1. The number of amides is 1. The van der Waals surface area contributed by atoms with E-state index in [-0.39, 0.29) is 11.9 Å². The lowest BCUT2D eigenvalue weighted by atomic mass is 10.0. The molecule has 0 aromatic carbocycles. The van der Waals surface area contributed by atoms with Crippen molar-refractivity contribution in [1.82, 2.24) is 20.1 Å². The van der Waals surface area contributed by atoms with E-state index in [0.717, 1.165) is 24.9 Å². The molecule has 1 fully saturated rings. The van der Waals surface area contributed by atoms with Crippen LogP contribution >= 0.6 is 11.6 Å². The highest BCUT2D eigenvalue weighted by atomic mass is 35.5. The predicted molar refractivity (Wildman–Crippen MR) is 99.3 cm³/mol. The van der Waals surface area contributed by atoms with E-state index >= 15 is 0 Å². The molecule has 8 heteroatoms.